The van der Waals surface area contributed by atoms with Crippen LogP contribution in [0.4, 0.5) is 8.78 Å². The summed E-state index contributed by atoms with van der Waals surface area (Å²) in [4.78, 5) is 0. The molecule has 0 aliphatic carbocycles. The van der Waals surface area contributed by atoms with Crippen LogP contribution in [0.25, 0.3) is 0 Å². The fourth-order valence-electron chi connectivity index (χ4n) is 0.167. The van der Waals surface area contributed by atoms with Gasteiger partial charge in [0.25, 0.3) is 11.9 Å². The summed E-state index contributed by atoms with van der Waals surface area (Å²) in [6.07, 6.45) is 0. The first-order chi connectivity index (χ1) is 3.30. The van der Waals surface area contributed by atoms with Crippen molar-refractivity contribution >= 4 is 11.7 Å². The topological polar surface area (TPSA) is 25.8 Å². The third kappa shape index (κ3) is 0.714. The Balaban J connectivity index is 3.12. The molecule has 2 nitrogen and oxygen atoms in total. The molecule has 38 valence electrons. The van der Waals surface area contributed by atoms with E-state index in [4.69, 9.17) is 0 Å². The number of aromatic nitrogens is 2. The van der Waals surface area contributed by atoms with Crippen molar-refractivity contribution in [2.24, 2.45) is 0 Å². The summed E-state index contributed by atoms with van der Waals surface area (Å²) in [6.45, 7) is 0. The van der Waals surface area contributed by atoms with E-state index in [2.05, 4.69) is 8.75 Å². The molecule has 0 amide bonds. The Labute approximate surface area is 42.1 Å². The predicted molar refractivity (Wildman–Crippen MR) is 19.8 cm³/mol. The van der Waals surface area contributed by atoms with E-state index in [1.165, 1.54) is 0 Å². The zero-order valence-electron chi connectivity index (χ0n) is 3.06. The van der Waals surface area contributed by atoms with Crippen molar-refractivity contribution in [1.82, 2.24) is 8.75 Å². The van der Waals surface area contributed by atoms with E-state index in [1.54, 1.807) is 0 Å². The molecule has 0 saturated heterocycles. The van der Waals surface area contributed by atoms with E-state index >= 15 is 0 Å². The molecule has 0 aromatic carbocycles. The highest BCUT2D eigenvalue weighted by Gasteiger charge is 2.01. The molecule has 0 saturated carbocycles. The first-order valence-corrected chi connectivity index (χ1v) is 2.17. The van der Waals surface area contributed by atoms with E-state index in [0.717, 1.165) is 0 Å². The molecule has 0 aliphatic heterocycles. The van der Waals surface area contributed by atoms with Gasteiger partial charge in [0.05, 0.1) is 11.7 Å². The number of hydrogen-bond donors (Lipinski definition) is 0. The Morgan fingerprint density at radius 1 is 1.14 bits per heavy atom. The van der Waals surface area contributed by atoms with Gasteiger partial charge < -0.3 is 0 Å². The molecule has 1 rings (SSSR count). The van der Waals surface area contributed by atoms with Gasteiger partial charge in [0.15, 0.2) is 0 Å². The Hall–Kier alpha value is -0.580. The summed E-state index contributed by atoms with van der Waals surface area (Å²) < 4.78 is 28.9. The second-order valence-electron chi connectivity index (χ2n) is 0.846. The molecule has 0 radical (unpaired) electrons. The van der Waals surface area contributed by atoms with Crippen LogP contribution in [0.1, 0.15) is 0 Å². The Kier molecular flexibility index (Phi) is 0.976. The number of hydrogen-bond acceptors (Lipinski definition) is 3. The van der Waals surface area contributed by atoms with Crippen molar-refractivity contribution in [1.29, 1.82) is 0 Å². The zero-order valence-corrected chi connectivity index (χ0v) is 3.88. The van der Waals surface area contributed by atoms with Crippen molar-refractivity contribution in [3.05, 3.63) is 11.9 Å². The molecule has 1 heterocycles. The van der Waals surface area contributed by atoms with E-state index in [9.17, 15) is 8.78 Å². The van der Waals surface area contributed by atoms with E-state index in [-0.39, 0.29) is 0 Å². The average molecular weight is 122 g/mol. The molecule has 0 fully saturated rings. The molecule has 0 spiro atoms. The minimum Gasteiger partial charge on any atom is -0.179 e. The Morgan fingerprint density at radius 2 is 1.57 bits per heavy atom. The Bertz CT molecular complexity index is 146. The molecule has 0 N–H and O–H groups in total. The van der Waals surface area contributed by atoms with Crippen molar-refractivity contribution in [3.8, 4) is 0 Å². The summed E-state index contributed by atoms with van der Waals surface area (Å²) in [5.41, 5.74) is 0. The highest BCUT2D eigenvalue weighted by Crippen LogP contribution is 1.98. The summed E-state index contributed by atoms with van der Waals surface area (Å²) in [5, 5.41) is 0. The Morgan fingerprint density at radius 3 is 1.71 bits per heavy atom. The highest BCUT2D eigenvalue weighted by molar-refractivity contribution is 6.99. The van der Waals surface area contributed by atoms with Crippen LogP contribution in [0.5, 0.6) is 0 Å². The van der Waals surface area contributed by atoms with Gasteiger partial charge in [-0.1, -0.05) is 0 Å². The van der Waals surface area contributed by atoms with Crippen LogP contribution < -0.4 is 0 Å². The average Bonchev–Trinajstić information content (AvgIpc) is 1.91. The molecule has 0 atom stereocenters. The largest absolute Gasteiger partial charge is 0.281 e. The lowest BCUT2D eigenvalue weighted by Gasteiger charge is -1.65. The smallest absolute Gasteiger partial charge is 0.179 e. The van der Waals surface area contributed by atoms with Gasteiger partial charge in [-0.05, 0) is 0 Å². The number of nitrogens with zero attached hydrogens (tertiary/aromatic N) is 2. The van der Waals surface area contributed by atoms with E-state index in [0.29, 0.717) is 11.7 Å². The van der Waals surface area contributed by atoms with E-state index in [1.807, 2.05) is 0 Å². The maximum Gasteiger partial charge on any atom is 0.281 e. The lowest BCUT2D eigenvalue weighted by atomic mass is 10.9. The molecule has 7 heavy (non-hydrogen) atoms. The van der Waals surface area contributed by atoms with Crippen molar-refractivity contribution < 1.29 is 8.78 Å². The van der Waals surface area contributed by atoms with Gasteiger partial charge in [0.2, 0.25) is 0 Å². The van der Waals surface area contributed by atoms with Gasteiger partial charge in [0.1, 0.15) is 0 Å². The maximum absolute atomic E-state index is 11.5. The minimum atomic E-state index is -1.12. The van der Waals surface area contributed by atoms with Gasteiger partial charge in [-0.2, -0.15) is 8.78 Å². The molecule has 1 aromatic rings. The summed E-state index contributed by atoms with van der Waals surface area (Å²) >= 11 is 0.516. The zero-order chi connectivity index (χ0) is 5.28. The fourth-order valence-corrected chi connectivity index (χ4v) is 0.502. The quantitative estimate of drug-likeness (QED) is 0.509. The predicted octanol–water partition coefficient (Wildman–Crippen LogP) is 0.816. The summed E-state index contributed by atoms with van der Waals surface area (Å²) in [7, 11) is 0. The van der Waals surface area contributed by atoms with Gasteiger partial charge >= 0.3 is 0 Å². The van der Waals surface area contributed by atoms with Gasteiger partial charge in [-0.3, -0.25) is 0 Å². The lowest BCUT2D eigenvalue weighted by molar-refractivity contribution is 0.475. The number of rotatable bonds is 0. The standard InChI is InChI=1S/C2F2N2S/c3-1-2(4)6-7-5-1. The van der Waals surface area contributed by atoms with E-state index < -0.39 is 11.9 Å². The molecule has 5 heteroatoms. The van der Waals surface area contributed by atoms with Gasteiger partial charge in [-0.25, -0.2) is 0 Å². The lowest BCUT2D eigenvalue weighted by Crippen LogP contribution is -1.75. The third-order valence-corrected chi connectivity index (χ3v) is 0.896. The molecule has 1 aromatic heterocycles. The van der Waals surface area contributed by atoms with Gasteiger partial charge in [-0.15, -0.1) is 8.75 Å². The van der Waals surface area contributed by atoms with Crippen molar-refractivity contribution in [3.63, 3.8) is 0 Å². The first-order valence-electron chi connectivity index (χ1n) is 1.44. The van der Waals surface area contributed by atoms with Crippen LogP contribution in [-0.2, 0) is 0 Å². The van der Waals surface area contributed by atoms with Crippen LogP contribution in [0.2, 0.25) is 0 Å². The minimum absolute atomic E-state index is 0.516. The van der Waals surface area contributed by atoms with Crippen molar-refractivity contribution in [2.75, 3.05) is 0 Å². The van der Waals surface area contributed by atoms with Crippen LogP contribution in [0, 0.1) is 11.9 Å². The number of halogens is 2. The van der Waals surface area contributed by atoms with Crippen LogP contribution in [-0.4, -0.2) is 8.75 Å². The molecule has 0 aliphatic rings. The summed E-state index contributed by atoms with van der Waals surface area (Å²) in [6, 6.07) is 0. The fraction of sp³-hybridized carbons (Fsp3) is 0. The second-order valence-corrected chi connectivity index (χ2v) is 1.37. The van der Waals surface area contributed by atoms with Crippen LogP contribution >= 0.6 is 11.7 Å². The summed E-state index contributed by atoms with van der Waals surface area (Å²) in [5.74, 6) is -2.24. The SMILES string of the molecule is Fc1nsnc1F. The van der Waals surface area contributed by atoms with Gasteiger partial charge in [0, 0.05) is 0 Å². The maximum atomic E-state index is 11.5. The first kappa shape index (κ1) is 4.58. The second kappa shape index (κ2) is 1.49. The molecular weight excluding hydrogens is 122 g/mol. The van der Waals surface area contributed by atoms with Crippen LogP contribution in [0.3, 0.4) is 0 Å². The molecule has 0 unspecified atom stereocenters. The third-order valence-electron chi connectivity index (χ3n) is 0.412. The molecular formula is C2F2N2S. The van der Waals surface area contributed by atoms with Crippen molar-refractivity contribution in [2.45, 2.75) is 0 Å². The molecule has 0 bridgehead atoms. The normalized spacial score (nSPS) is 9.43. The van der Waals surface area contributed by atoms with Crippen LogP contribution in [0.15, 0.2) is 0 Å². The highest BCUT2D eigenvalue weighted by atomic mass is 32.1. The monoisotopic (exact) mass is 122 g/mol.